The van der Waals surface area contributed by atoms with Gasteiger partial charge in [-0.25, -0.2) is 0 Å². The standard InChI is InChI=1S/C15H23NO/c1-12(7-6-8-13(2)16)15(17)11-14-9-4-3-5-10-14/h3-5,9-10,12-13H,6-8,11,16H2,1-2H3. The summed E-state index contributed by atoms with van der Waals surface area (Å²) in [6.45, 7) is 4.03. The third-order valence-corrected chi connectivity index (χ3v) is 3.07. The van der Waals surface area contributed by atoms with Crippen LogP contribution >= 0.6 is 0 Å². The molecule has 0 spiro atoms. The number of hydrogen-bond donors (Lipinski definition) is 1. The van der Waals surface area contributed by atoms with Crippen molar-refractivity contribution < 1.29 is 4.79 Å². The van der Waals surface area contributed by atoms with Gasteiger partial charge in [0.25, 0.3) is 0 Å². The maximum Gasteiger partial charge on any atom is 0.140 e. The van der Waals surface area contributed by atoms with E-state index in [2.05, 4.69) is 0 Å². The van der Waals surface area contributed by atoms with Gasteiger partial charge in [-0.2, -0.15) is 0 Å². The second kappa shape index (κ2) is 7.23. The predicted molar refractivity (Wildman–Crippen MR) is 71.8 cm³/mol. The fraction of sp³-hybridized carbons (Fsp3) is 0.533. The number of hydrogen-bond acceptors (Lipinski definition) is 2. The number of rotatable bonds is 7. The van der Waals surface area contributed by atoms with E-state index in [0.717, 1.165) is 24.8 Å². The van der Waals surface area contributed by atoms with Crippen molar-refractivity contribution in [1.29, 1.82) is 0 Å². The highest BCUT2D eigenvalue weighted by Crippen LogP contribution is 2.13. The minimum Gasteiger partial charge on any atom is -0.328 e. The quantitative estimate of drug-likeness (QED) is 0.786. The van der Waals surface area contributed by atoms with E-state index in [9.17, 15) is 4.79 Å². The number of carbonyl (C=O) groups is 1. The fourth-order valence-electron chi connectivity index (χ4n) is 1.88. The van der Waals surface area contributed by atoms with Crippen LogP contribution in [-0.2, 0) is 11.2 Å². The van der Waals surface area contributed by atoms with E-state index in [1.165, 1.54) is 0 Å². The summed E-state index contributed by atoms with van der Waals surface area (Å²) >= 11 is 0. The molecule has 0 saturated carbocycles. The van der Waals surface area contributed by atoms with Crippen LogP contribution in [0.15, 0.2) is 30.3 Å². The molecule has 0 aliphatic rings. The highest BCUT2D eigenvalue weighted by Gasteiger charge is 2.13. The van der Waals surface area contributed by atoms with Crippen LogP contribution in [0.4, 0.5) is 0 Å². The van der Waals surface area contributed by atoms with Crippen molar-refractivity contribution in [3.05, 3.63) is 35.9 Å². The third kappa shape index (κ3) is 5.64. The highest BCUT2D eigenvalue weighted by atomic mass is 16.1. The Labute approximate surface area is 104 Å². The predicted octanol–water partition coefficient (Wildman–Crippen LogP) is 2.95. The molecule has 1 aromatic carbocycles. The number of nitrogens with two attached hydrogens (primary N) is 1. The van der Waals surface area contributed by atoms with Gasteiger partial charge in [0, 0.05) is 18.4 Å². The molecule has 1 aromatic rings. The molecule has 1 rings (SSSR count). The second-order valence-corrected chi connectivity index (χ2v) is 4.94. The molecule has 2 unspecified atom stereocenters. The minimum atomic E-state index is 0.147. The minimum absolute atomic E-state index is 0.147. The van der Waals surface area contributed by atoms with Crippen molar-refractivity contribution in [3.63, 3.8) is 0 Å². The molecule has 2 atom stereocenters. The molecule has 0 radical (unpaired) electrons. The third-order valence-electron chi connectivity index (χ3n) is 3.07. The molecule has 0 heterocycles. The van der Waals surface area contributed by atoms with E-state index in [1.54, 1.807) is 0 Å². The van der Waals surface area contributed by atoms with Crippen LogP contribution in [0.3, 0.4) is 0 Å². The van der Waals surface area contributed by atoms with E-state index in [0.29, 0.717) is 12.2 Å². The monoisotopic (exact) mass is 233 g/mol. The molecule has 0 saturated heterocycles. The van der Waals surface area contributed by atoms with Crippen LogP contribution in [0.25, 0.3) is 0 Å². The summed E-state index contributed by atoms with van der Waals surface area (Å²) in [5, 5.41) is 0. The summed E-state index contributed by atoms with van der Waals surface area (Å²) in [4.78, 5) is 12.0. The van der Waals surface area contributed by atoms with E-state index in [4.69, 9.17) is 5.73 Å². The van der Waals surface area contributed by atoms with Crippen LogP contribution in [0.2, 0.25) is 0 Å². The average molecular weight is 233 g/mol. The Balaban J connectivity index is 2.32. The first-order valence-electron chi connectivity index (χ1n) is 6.42. The summed E-state index contributed by atoms with van der Waals surface area (Å²) in [7, 11) is 0. The molecule has 94 valence electrons. The first-order valence-corrected chi connectivity index (χ1v) is 6.42. The number of benzene rings is 1. The fourth-order valence-corrected chi connectivity index (χ4v) is 1.88. The molecule has 2 N–H and O–H groups in total. The Hall–Kier alpha value is -1.15. The topological polar surface area (TPSA) is 43.1 Å². The van der Waals surface area contributed by atoms with Crippen molar-refractivity contribution in [3.8, 4) is 0 Å². The molecular formula is C15H23NO. The van der Waals surface area contributed by atoms with Crippen LogP contribution < -0.4 is 5.73 Å². The van der Waals surface area contributed by atoms with Gasteiger partial charge in [0.05, 0.1) is 0 Å². The molecule has 0 bridgehead atoms. The summed E-state index contributed by atoms with van der Waals surface area (Å²) in [5.74, 6) is 0.481. The summed E-state index contributed by atoms with van der Waals surface area (Å²) in [6, 6.07) is 10.2. The largest absolute Gasteiger partial charge is 0.328 e. The van der Waals surface area contributed by atoms with E-state index in [1.807, 2.05) is 44.2 Å². The van der Waals surface area contributed by atoms with Crippen molar-refractivity contribution in [2.24, 2.45) is 11.7 Å². The van der Waals surface area contributed by atoms with Crippen molar-refractivity contribution >= 4 is 5.78 Å². The van der Waals surface area contributed by atoms with Gasteiger partial charge in [-0.3, -0.25) is 4.79 Å². The van der Waals surface area contributed by atoms with Gasteiger partial charge in [0.15, 0.2) is 0 Å². The van der Waals surface area contributed by atoms with Crippen LogP contribution in [0.1, 0.15) is 38.7 Å². The summed E-state index contributed by atoms with van der Waals surface area (Å²) in [6.07, 6.45) is 3.55. The molecule has 2 nitrogen and oxygen atoms in total. The van der Waals surface area contributed by atoms with Crippen LogP contribution in [0.5, 0.6) is 0 Å². The van der Waals surface area contributed by atoms with Gasteiger partial charge in [0.1, 0.15) is 5.78 Å². The molecular weight excluding hydrogens is 210 g/mol. The Kier molecular flexibility index (Phi) is 5.92. The lowest BCUT2D eigenvalue weighted by molar-refractivity contribution is -0.121. The van der Waals surface area contributed by atoms with Crippen molar-refractivity contribution in [2.75, 3.05) is 0 Å². The van der Waals surface area contributed by atoms with Crippen LogP contribution in [-0.4, -0.2) is 11.8 Å². The lowest BCUT2D eigenvalue weighted by Gasteiger charge is -2.11. The molecule has 0 amide bonds. The van der Waals surface area contributed by atoms with E-state index >= 15 is 0 Å². The maximum absolute atomic E-state index is 12.0. The number of ketones is 1. The molecule has 0 aliphatic heterocycles. The number of Topliss-reactive ketones (excluding diaryl/α,β-unsaturated/α-hetero) is 1. The van der Waals surface area contributed by atoms with Gasteiger partial charge in [-0.05, 0) is 25.3 Å². The molecule has 17 heavy (non-hydrogen) atoms. The van der Waals surface area contributed by atoms with E-state index in [-0.39, 0.29) is 12.0 Å². The van der Waals surface area contributed by atoms with Crippen LogP contribution in [0, 0.1) is 5.92 Å². The van der Waals surface area contributed by atoms with E-state index < -0.39 is 0 Å². The zero-order valence-electron chi connectivity index (χ0n) is 10.9. The normalized spacial score (nSPS) is 14.3. The lowest BCUT2D eigenvalue weighted by atomic mass is 9.94. The summed E-state index contributed by atoms with van der Waals surface area (Å²) in [5.41, 5.74) is 6.80. The smallest absolute Gasteiger partial charge is 0.140 e. The summed E-state index contributed by atoms with van der Waals surface area (Å²) < 4.78 is 0. The molecule has 2 heteroatoms. The number of carbonyl (C=O) groups excluding carboxylic acids is 1. The zero-order chi connectivity index (χ0) is 12.7. The SMILES string of the molecule is CC(N)CCCC(C)C(=O)Cc1ccccc1. The Morgan fingerprint density at radius 2 is 1.82 bits per heavy atom. The van der Waals surface area contributed by atoms with Gasteiger partial charge >= 0.3 is 0 Å². The van der Waals surface area contributed by atoms with Crippen molar-refractivity contribution in [1.82, 2.24) is 0 Å². The van der Waals surface area contributed by atoms with Gasteiger partial charge in [0.2, 0.25) is 0 Å². The van der Waals surface area contributed by atoms with Gasteiger partial charge in [-0.15, -0.1) is 0 Å². The highest BCUT2D eigenvalue weighted by molar-refractivity contribution is 5.82. The Morgan fingerprint density at radius 1 is 1.18 bits per heavy atom. The average Bonchev–Trinajstić information content (AvgIpc) is 2.29. The van der Waals surface area contributed by atoms with Crippen molar-refractivity contribution in [2.45, 2.75) is 45.6 Å². The lowest BCUT2D eigenvalue weighted by Crippen LogP contribution is -2.17. The second-order valence-electron chi connectivity index (χ2n) is 4.94. The zero-order valence-corrected chi connectivity index (χ0v) is 10.9. The maximum atomic E-state index is 12.0. The first kappa shape index (κ1) is 13.9. The van der Waals surface area contributed by atoms with Gasteiger partial charge < -0.3 is 5.73 Å². The molecule has 0 fully saturated rings. The molecule has 0 aliphatic carbocycles. The Morgan fingerprint density at radius 3 is 2.41 bits per heavy atom. The molecule has 0 aromatic heterocycles. The van der Waals surface area contributed by atoms with Gasteiger partial charge in [-0.1, -0.05) is 43.7 Å². The first-order chi connectivity index (χ1) is 8.09. The Bertz CT molecular complexity index is 332.